The van der Waals surface area contributed by atoms with Crippen molar-refractivity contribution < 1.29 is 4.74 Å². The van der Waals surface area contributed by atoms with Gasteiger partial charge in [0.05, 0.1) is 11.7 Å². The van der Waals surface area contributed by atoms with Crippen molar-refractivity contribution in [3.63, 3.8) is 0 Å². The lowest BCUT2D eigenvalue weighted by molar-refractivity contribution is -0.0395. The van der Waals surface area contributed by atoms with Crippen LogP contribution < -0.4 is 5.32 Å². The second-order valence-corrected chi connectivity index (χ2v) is 6.54. The van der Waals surface area contributed by atoms with Crippen LogP contribution in [0.1, 0.15) is 71.1 Å². The van der Waals surface area contributed by atoms with Crippen LogP contribution in [0.15, 0.2) is 0 Å². The molecule has 98 valence electrons. The minimum Gasteiger partial charge on any atom is -0.370 e. The zero-order valence-corrected chi connectivity index (χ0v) is 11.3. The quantitative estimate of drug-likeness (QED) is 0.809. The van der Waals surface area contributed by atoms with E-state index in [0.717, 1.165) is 6.54 Å². The Hall–Kier alpha value is -0.0800. The Morgan fingerprint density at radius 1 is 1.06 bits per heavy atom. The summed E-state index contributed by atoms with van der Waals surface area (Å²) in [5.41, 5.74) is 0.792. The van der Waals surface area contributed by atoms with Crippen molar-refractivity contribution in [2.24, 2.45) is 0 Å². The molecule has 0 amide bonds. The molecule has 0 radical (unpaired) electrons. The molecule has 1 heterocycles. The summed E-state index contributed by atoms with van der Waals surface area (Å²) in [4.78, 5) is 0. The van der Waals surface area contributed by atoms with Gasteiger partial charge in [-0.2, -0.15) is 0 Å². The summed E-state index contributed by atoms with van der Waals surface area (Å²) in [6.45, 7) is 3.41. The van der Waals surface area contributed by atoms with E-state index in [4.69, 9.17) is 4.74 Å². The molecule has 2 aliphatic carbocycles. The molecule has 1 aliphatic heterocycles. The van der Waals surface area contributed by atoms with Crippen LogP contribution in [0.3, 0.4) is 0 Å². The third-order valence-electron chi connectivity index (χ3n) is 5.55. The number of hydrogen-bond donors (Lipinski definition) is 1. The zero-order chi connectivity index (χ0) is 11.8. The molecule has 1 unspecified atom stereocenters. The van der Waals surface area contributed by atoms with Crippen LogP contribution in [-0.4, -0.2) is 23.8 Å². The first-order chi connectivity index (χ1) is 8.26. The second kappa shape index (κ2) is 4.55. The van der Waals surface area contributed by atoms with Gasteiger partial charge >= 0.3 is 0 Å². The summed E-state index contributed by atoms with van der Waals surface area (Å²) in [7, 11) is 0. The highest BCUT2D eigenvalue weighted by Gasteiger charge is 2.43. The fraction of sp³-hybridized carbons (Fsp3) is 1.00. The van der Waals surface area contributed by atoms with Gasteiger partial charge in [0.15, 0.2) is 0 Å². The highest BCUT2D eigenvalue weighted by molar-refractivity contribution is 4.97. The lowest BCUT2D eigenvalue weighted by Gasteiger charge is -2.43. The van der Waals surface area contributed by atoms with E-state index in [0.29, 0.717) is 17.2 Å². The van der Waals surface area contributed by atoms with Gasteiger partial charge in [-0.1, -0.05) is 19.8 Å². The third-order valence-corrected chi connectivity index (χ3v) is 5.55. The lowest BCUT2D eigenvalue weighted by atomic mass is 9.75. The van der Waals surface area contributed by atoms with Gasteiger partial charge in [0.1, 0.15) is 0 Å². The van der Waals surface area contributed by atoms with Crippen molar-refractivity contribution >= 4 is 0 Å². The van der Waals surface area contributed by atoms with E-state index < -0.39 is 0 Å². The van der Waals surface area contributed by atoms with Crippen molar-refractivity contribution in [1.29, 1.82) is 0 Å². The van der Waals surface area contributed by atoms with E-state index in [1.54, 1.807) is 0 Å². The molecular weight excluding hydrogens is 210 g/mol. The summed E-state index contributed by atoms with van der Waals surface area (Å²) in [6, 6.07) is 0. The topological polar surface area (TPSA) is 21.3 Å². The van der Waals surface area contributed by atoms with E-state index >= 15 is 0 Å². The van der Waals surface area contributed by atoms with E-state index in [1.807, 2.05) is 0 Å². The molecule has 1 N–H and O–H groups in total. The first-order valence-corrected chi connectivity index (χ1v) is 7.69. The van der Waals surface area contributed by atoms with Crippen molar-refractivity contribution in [2.45, 2.75) is 88.4 Å². The molecule has 2 heteroatoms. The van der Waals surface area contributed by atoms with Gasteiger partial charge in [-0.15, -0.1) is 0 Å². The third kappa shape index (κ3) is 2.26. The molecule has 1 saturated heterocycles. The Labute approximate surface area is 105 Å². The van der Waals surface area contributed by atoms with Gasteiger partial charge in [-0.3, -0.25) is 0 Å². The number of rotatable bonds is 4. The molecule has 0 aromatic heterocycles. The minimum absolute atomic E-state index is 0.311. The molecule has 0 aromatic carbocycles. The monoisotopic (exact) mass is 237 g/mol. The van der Waals surface area contributed by atoms with Gasteiger partial charge in [0, 0.05) is 12.1 Å². The van der Waals surface area contributed by atoms with Gasteiger partial charge in [-0.25, -0.2) is 0 Å². The van der Waals surface area contributed by atoms with E-state index in [1.165, 1.54) is 64.2 Å². The molecule has 3 fully saturated rings. The molecule has 0 aromatic rings. The zero-order valence-electron chi connectivity index (χ0n) is 11.3. The maximum absolute atomic E-state index is 6.36. The second-order valence-electron chi connectivity index (χ2n) is 6.54. The SMILES string of the molecule is CCC1(NCC2CCC3(CCCC3)O2)CCC1. The van der Waals surface area contributed by atoms with Crippen LogP contribution in [0.4, 0.5) is 0 Å². The lowest BCUT2D eigenvalue weighted by Crippen LogP contribution is -2.52. The fourth-order valence-corrected chi connectivity index (χ4v) is 4.02. The standard InChI is InChI=1S/C15H27NO/c1-2-14(7-5-8-14)16-12-13-6-11-15(17-13)9-3-4-10-15/h13,16H,2-12H2,1H3. The van der Waals surface area contributed by atoms with Crippen LogP contribution in [0.2, 0.25) is 0 Å². The van der Waals surface area contributed by atoms with Crippen molar-refractivity contribution in [2.75, 3.05) is 6.54 Å². The van der Waals surface area contributed by atoms with Crippen LogP contribution in [0.25, 0.3) is 0 Å². The highest BCUT2D eigenvalue weighted by Crippen LogP contribution is 2.43. The van der Waals surface area contributed by atoms with Crippen molar-refractivity contribution in [3.8, 4) is 0 Å². The maximum atomic E-state index is 6.36. The largest absolute Gasteiger partial charge is 0.370 e. The molecule has 2 nitrogen and oxygen atoms in total. The predicted molar refractivity (Wildman–Crippen MR) is 70.2 cm³/mol. The number of nitrogens with one attached hydrogen (secondary N) is 1. The van der Waals surface area contributed by atoms with E-state index in [2.05, 4.69) is 12.2 Å². The van der Waals surface area contributed by atoms with Gasteiger partial charge in [0.25, 0.3) is 0 Å². The molecule has 1 spiro atoms. The number of ether oxygens (including phenoxy) is 1. The van der Waals surface area contributed by atoms with Crippen LogP contribution >= 0.6 is 0 Å². The summed E-state index contributed by atoms with van der Waals surface area (Å²) >= 11 is 0. The Balaban J connectivity index is 1.47. The average molecular weight is 237 g/mol. The van der Waals surface area contributed by atoms with Gasteiger partial charge in [0.2, 0.25) is 0 Å². The Morgan fingerprint density at radius 3 is 2.41 bits per heavy atom. The molecule has 0 bridgehead atoms. The maximum Gasteiger partial charge on any atom is 0.0708 e. The number of hydrogen-bond acceptors (Lipinski definition) is 2. The molecule has 3 aliphatic rings. The van der Waals surface area contributed by atoms with Gasteiger partial charge in [-0.05, 0) is 51.4 Å². The first kappa shape index (κ1) is 12.0. The molecule has 17 heavy (non-hydrogen) atoms. The van der Waals surface area contributed by atoms with E-state index in [-0.39, 0.29) is 0 Å². The predicted octanol–water partition coefficient (Wildman–Crippen LogP) is 3.40. The summed E-state index contributed by atoms with van der Waals surface area (Å²) in [5, 5.41) is 3.81. The van der Waals surface area contributed by atoms with E-state index in [9.17, 15) is 0 Å². The summed E-state index contributed by atoms with van der Waals surface area (Å²) < 4.78 is 6.36. The molecule has 3 rings (SSSR count). The van der Waals surface area contributed by atoms with Crippen molar-refractivity contribution in [3.05, 3.63) is 0 Å². The summed E-state index contributed by atoms with van der Waals surface area (Å²) in [6.07, 6.45) is 14.0. The molecular formula is C15H27NO. The Morgan fingerprint density at radius 2 is 1.82 bits per heavy atom. The molecule has 1 atom stereocenters. The Kier molecular flexibility index (Phi) is 3.20. The van der Waals surface area contributed by atoms with Crippen LogP contribution in [0.5, 0.6) is 0 Å². The van der Waals surface area contributed by atoms with Crippen molar-refractivity contribution in [1.82, 2.24) is 5.32 Å². The Bertz CT molecular complexity index is 261. The van der Waals surface area contributed by atoms with Crippen LogP contribution in [-0.2, 0) is 4.74 Å². The van der Waals surface area contributed by atoms with Crippen LogP contribution in [0, 0.1) is 0 Å². The fourth-order valence-electron chi connectivity index (χ4n) is 4.02. The smallest absolute Gasteiger partial charge is 0.0708 e. The minimum atomic E-state index is 0.311. The average Bonchev–Trinajstić information content (AvgIpc) is 2.89. The summed E-state index contributed by atoms with van der Waals surface area (Å²) in [5.74, 6) is 0. The van der Waals surface area contributed by atoms with Gasteiger partial charge < -0.3 is 10.1 Å². The first-order valence-electron chi connectivity index (χ1n) is 7.69. The molecule has 2 saturated carbocycles. The highest BCUT2D eigenvalue weighted by atomic mass is 16.5. The normalized spacial score (nSPS) is 34.1.